The largest absolute Gasteiger partial charge is 0.465 e. The number of hydrogen-bond acceptors (Lipinski definition) is 4. The van der Waals surface area contributed by atoms with E-state index in [1.54, 1.807) is 29.0 Å². The van der Waals surface area contributed by atoms with Gasteiger partial charge in [-0.1, -0.05) is 6.07 Å². The van der Waals surface area contributed by atoms with Crippen LogP contribution in [0.3, 0.4) is 0 Å². The number of nitrogens with zero attached hydrogens (tertiary/aromatic N) is 1. The lowest BCUT2D eigenvalue weighted by Gasteiger charge is -2.23. The summed E-state index contributed by atoms with van der Waals surface area (Å²) in [6, 6.07) is 6.93. The number of methoxy groups -OCH3 is 1. The van der Waals surface area contributed by atoms with Crippen molar-refractivity contribution < 1.29 is 14.3 Å². The predicted molar refractivity (Wildman–Crippen MR) is 83.1 cm³/mol. The maximum Gasteiger partial charge on any atom is 0.337 e. The van der Waals surface area contributed by atoms with Crippen LogP contribution < -0.4 is 5.56 Å². The summed E-state index contributed by atoms with van der Waals surface area (Å²) in [6.07, 6.45) is 5.09. The van der Waals surface area contributed by atoms with Gasteiger partial charge >= 0.3 is 5.97 Å². The van der Waals surface area contributed by atoms with Crippen molar-refractivity contribution in [3.05, 3.63) is 46.4 Å². The first-order valence-corrected chi connectivity index (χ1v) is 7.52. The summed E-state index contributed by atoms with van der Waals surface area (Å²) in [4.78, 5) is 24.2. The van der Waals surface area contributed by atoms with Crippen LogP contribution >= 0.6 is 0 Å². The molecule has 0 unspecified atom stereocenters. The van der Waals surface area contributed by atoms with Crippen LogP contribution in [0, 0.1) is 0 Å². The number of fused-ring (bicyclic) bond motifs is 1. The Balaban J connectivity index is 1.96. The van der Waals surface area contributed by atoms with E-state index in [2.05, 4.69) is 0 Å². The fourth-order valence-electron chi connectivity index (χ4n) is 2.84. The number of benzene rings is 1. The maximum atomic E-state index is 12.6. The van der Waals surface area contributed by atoms with Crippen molar-refractivity contribution in [3.8, 4) is 0 Å². The van der Waals surface area contributed by atoms with Crippen LogP contribution in [-0.2, 0) is 16.0 Å². The molecule has 1 aliphatic rings. The Hall–Kier alpha value is -2.14. The molecular formula is C17H19NO4. The van der Waals surface area contributed by atoms with Crippen molar-refractivity contribution in [1.29, 1.82) is 0 Å². The summed E-state index contributed by atoms with van der Waals surface area (Å²) in [7, 11) is 1.33. The highest BCUT2D eigenvalue weighted by Crippen LogP contribution is 2.16. The molecule has 2 heterocycles. The van der Waals surface area contributed by atoms with Crippen molar-refractivity contribution in [2.75, 3.05) is 13.7 Å². The highest BCUT2D eigenvalue weighted by Gasteiger charge is 2.16. The minimum Gasteiger partial charge on any atom is -0.465 e. The number of hydrogen-bond donors (Lipinski definition) is 0. The molecule has 1 atom stereocenters. The molecule has 0 bridgehead atoms. The summed E-state index contributed by atoms with van der Waals surface area (Å²) in [5.41, 5.74) is 0.288. The molecule has 1 aromatic carbocycles. The molecule has 0 spiro atoms. The highest BCUT2D eigenvalue weighted by atomic mass is 16.5. The minimum atomic E-state index is -0.438. The molecule has 22 heavy (non-hydrogen) atoms. The number of rotatable bonds is 3. The van der Waals surface area contributed by atoms with Crippen LogP contribution in [0.5, 0.6) is 0 Å². The van der Waals surface area contributed by atoms with E-state index in [1.807, 2.05) is 6.07 Å². The molecule has 0 N–H and O–H groups in total. The predicted octanol–water partition coefficient (Wildman–Crippen LogP) is 2.36. The fraction of sp³-hybridized carbons (Fsp3) is 0.412. The SMILES string of the molecule is COC(=O)c1ccc2ccn(C[C@@H]3CCCCO3)c(=O)c2c1. The van der Waals surface area contributed by atoms with Gasteiger partial charge in [0.25, 0.3) is 5.56 Å². The second-order valence-electron chi connectivity index (χ2n) is 5.56. The lowest BCUT2D eigenvalue weighted by Crippen LogP contribution is -2.30. The van der Waals surface area contributed by atoms with Gasteiger partial charge in [-0.3, -0.25) is 4.79 Å². The summed E-state index contributed by atoms with van der Waals surface area (Å²) >= 11 is 0. The molecule has 3 rings (SSSR count). The van der Waals surface area contributed by atoms with Crippen LogP contribution in [0.4, 0.5) is 0 Å². The van der Waals surface area contributed by atoms with Crippen LogP contribution in [0.25, 0.3) is 10.8 Å². The van der Waals surface area contributed by atoms with E-state index in [4.69, 9.17) is 9.47 Å². The Bertz CT molecular complexity index is 744. The van der Waals surface area contributed by atoms with E-state index >= 15 is 0 Å². The van der Waals surface area contributed by atoms with Gasteiger partial charge in [-0.15, -0.1) is 0 Å². The van der Waals surface area contributed by atoms with Crippen molar-refractivity contribution >= 4 is 16.7 Å². The lowest BCUT2D eigenvalue weighted by atomic mass is 10.1. The quantitative estimate of drug-likeness (QED) is 0.817. The molecule has 1 aromatic heterocycles. The Kier molecular flexibility index (Phi) is 4.24. The highest BCUT2D eigenvalue weighted by molar-refractivity contribution is 5.95. The molecule has 1 saturated heterocycles. The number of carbonyl (C=O) groups excluding carboxylic acids is 1. The van der Waals surface area contributed by atoms with Gasteiger partial charge in [-0.25, -0.2) is 4.79 Å². The molecule has 0 amide bonds. The van der Waals surface area contributed by atoms with Gasteiger partial charge in [0.1, 0.15) is 0 Å². The molecule has 116 valence electrons. The van der Waals surface area contributed by atoms with E-state index < -0.39 is 5.97 Å². The third-order valence-corrected chi connectivity index (χ3v) is 4.07. The molecular weight excluding hydrogens is 282 g/mol. The monoisotopic (exact) mass is 301 g/mol. The van der Waals surface area contributed by atoms with Crippen molar-refractivity contribution in [2.45, 2.75) is 31.9 Å². The average Bonchev–Trinajstić information content (AvgIpc) is 2.57. The first-order valence-electron chi connectivity index (χ1n) is 7.52. The average molecular weight is 301 g/mol. The normalized spacial score (nSPS) is 18.3. The summed E-state index contributed by atoms with van der Waals surface area (Å²) < 4.78 is 12.1. The lowest BCUT2D eigenvalue weighted by molar-refractivity contribution is 0.00551. The topological polar surface area (TPSA) is 57.5 Å². The number of ether oxygens (including phenoxy) is 2. The van der Waals surface area contributed by atoms with E-state index in [0.717, 1.165) is 31.3 Å². The molecule has 5 heteroatoms. The first kappa shape index (κ1) is 14.8. The maximum absolute atomic E-state index is 12.6. The first-order chi connectivity index (χ1) is 10.7. The molecule has 1 fully saturated rings. The smallest absolute Gasteiger partial charge is 0.337 e. The van der Waals surface area contributed by atoms with Crippen molar-refractivity contribution in [3.63, 3.8) is 0 Å². The van der Waals surface area contributed by atoms with E-state index in [0.29, 0.717) is 17.5 Å². The van der Waals surface area contributed by atoms with Crippen LogP contribution in [0.2, 0.25) is 0 Å². The summed E-state index contributed by atoms with van der Waals surface area (Å²) in [5.74, 6) is -0.438. The minimum absolute atomic E-state index is 0.0905. The van der Waals surface area contributed by atoms with Gasteiger partial charge in [0.2, 0.25) is 0 Å². The summed E-state index contributed by atoms with van der Waals surface area (Å²) in [6.45, 7) is 1.32. The molecule has 2 aromatic rings. The van der Waals surface area contributed by atoms with Gasteiger partial charge in [0.15, 0.2) is 0 Å². The second kappa shape index (κ2) is 6.32. The van der Waals surface area contributed by atoms with Gasteiger partial charge in [0.05, 0.1) is 25.3 Å². The third kappa shape index (κ3) is 2.90. The van der Waals surface area contributed by atoms with Crippen molar-refractivity contribution in [1.82, 2.24) is 4.57 Å². The van der Waals surface area contributed by atoms with Gasteiger partial charge in [0, 0.05) is 18.2 Å². The molecule has 0 radical (unpaired) electrons. The van der Waals surface area contributed by atoms with Crippen LogP contribution in [-0.4, -0.2) is 30.4 Å². The second-order valence-corrected chi connectivity index (χ2v) is 5.56. The zero-order valence-corrected chi connectivity index (χ0v) is 12.6. The van der Waals surface area contributed by atoms with Crippen LogP contribution in [0.1, 0.15) is 29.6 Å². The Morgan fingerprint density at radius 1 is 1.36 bits per heavy atom. The summed E-state index contributed by atoms with van der Waals surface area (Å²) in [5, 5.41) is 1.35. The van der Waals surface area contributed by atoms with Crippen molar-refractivity contribution in [2.24, 2.45) is 0 Å². The zero-order valence-electron chi connectivity index (χ0n) is 12.6. The van der Waals surface area contributed by atoms with Gasteiger partial charge in [-0.2, -0.15) is 0 Å². The van der Waals surface area contributed by atoms with E-state index in [-0.39, 0.29) is 11.7 Å². The molecule has 5 nitrogen and oxygen atoms in total. The standard InChI is InChI=1S/C17H19NO4/c1-21-17(20)13-6-5-12-7-8-18(16(19)15(12)10-13)11-14-4-2-3-9-22-14/h5-8,10,14H,2-4,9,11H2,1H3/t14-/m0/s1. The number of aromatic nitrogens is 1. The molecule has 0 aliphatic carbocycles. The Morgan fingerprint density at radius 3 is 2.95 bits per heavy atom. The molecule has 0 saturated carbocycles. The Morgan fingerprint density at radius 2 is 2.23 bits per heavy atom. The van der Waals surface area contributed by atoms with Gasteiger partial charge < -0.3 is 14.0 Å². The Labute approximate surface area is 128 Å². The van der Waals surface area contributed by atoms with E-state index in [9.17, 15) is 9.59 Å². The van der Waals surface area contributed by atoms with Crippen LogP contribution in [0.15, 0.2) is 35.3 Å². The zero-order chi connectivity index (χ0) is 15.5. The fourth-order valence-corrected chi connectivity index (χ4v) is 2.84. The number of esters is 1. The number of pyridine rings is 1. The molecule has 1 aliphatic heterocycles. The van der Waals surface area contributed by atoms with Gasteiger partial charge in [-0.05, 0) is 42.8 Å². The van der Waals surface area contributed by atoms with E-state index in [1.165, 1.54) is 7.11 Å². The third-order valence-electron chi connectivity index (χ3n) is 4.07. The number of carbonyl (C=O) groups is 1.